The largest absolute Gasteiger partial charge is 0.366 e. The molecule has 0 unspecified atom stereocenters. The van der Waals surface area contributed by atoms with E-state index in [1.54, 1.807) is 42.6 Å². The number of nitrogens with one attached hydrogen (secondary N) is 2. The highest BCUT2D eigenvalue weighted by molar-refractivity contribution is 6.30. The molecule has 0 saturated carbocycles. The summed E-state index contributed by atoms with van der Waals surface area (Å²) in [6.45, 7) is 2.71. The molecule has 4 nitrogen and oxygen atoms in total. The van der Waals surface area contributed by atoms with E-state index in [0.29, 0.717) is 28.6 Å². The third-order valence-corrected chi connectivity index (χ3v) is 3.97. The topological polar surface area (TPSA) is 54.0 Å². The zero-order valence-corrected chi connectivity index (χ0v) is 14.5. The lowest BCUT2D eigenvalue weighted by Crippen LogP contribution is -2.12. The Bertz CT molecular complexity index is 861. The summed E-state index contributed by atoms with van der Waals surface area (Å²) in [5, 5.41) is 6.71. The van der Waals surface area contributed by atoms with Crippen LogP contribution in [0, 0.1) is 6.92 Å². The predicted octanol–water partition coefficient (Wildman–Crippen LogP) is 4.91. The number of pyridine rings is 1. The summed E-state index contributed by atoms with van der Waals surface area (Å²) >= 11 is 5.85. The van der Waals surface area contributed by atoms with Crippen LogP contribution in [0.5, 0.6) is 0 Å². The van der Waals surface area contributed by atoms with Gasteiger partial charge in [-0.1, -0.05) is 41.4 Å². The summed E-state index contributed by atoms with van der Waals surface area (Å²) in [5.74, 6) is 0.465. The molecule has 1 heterocycles. The van der Waals surface area contributed by atoms with Gasteiger partial charge >= 0.3 is 0 Å². The normalized spacial score (nSPS) is 10.3. The van der Waals surface area contributed by atoms with E-state index in [9.17, 15) is 4.79 Å². The Labute approximate surface area is 151 Å². The van der Waals surface area contributed by atoms with Crippen molar-refractivity contribution in [3.05, 3.63) is 88.6 Å². The molecule has 5 heteroatoms. The molecule has 0 aliphatic carbocycles. The monoisotopic (exact) mass is 351 g/mol. The Morgan fingerprint density at radius 2 is 1.76 bits per heavy atom. The maximum Gasteiger partial charge on any atom is 0.255 e. The van der Waals surface area contributed by atoms with Crippen molar-refractivity contribution in [2.24, 2.45) is 0 Å². The van der Waals surface area contributed by atoms with Crippen molar-refractivity contribution < 1.29 is 4.79 Å². The van der Waals surface area contributed by atoms with Crippen molar-refractivity contribution in [2.45, 2.75) is 13.5 Å². The van der Waals surface area contributed by atoms with E-state index in [1.807, 2.05) is 0 Å². The second kappa shape index (κ2) is 7.81. The van der Waals surface area contributed by atoms with Crippen LogP contribution in [0.4, 0.5) is 11.5 Å². The Balaban J connectivity index is 1.64. The molecule has 0 atom stereocenters. The van der Waals surface area contributed by atoms with Gasteiger partial charge in [-0.15, -0.1) is 0 Å². The van der Waals surface area contributed by atoms with Gasteiger partial charge in [-0.25, -0.2) is 4.98 Å². The average Bonchev–Trinajstić information content (AvgIpc) is 2.63. The van der Waals surface area contributed by atoms with Gasteiger partial charge in [0.2, 0.25) is 0 Å². The maximum absolute atomic E-state index is 12.4. The lowest BCUT2D eigenvalue weighted by Gasteiger charge is -2.09. The van der Waals surface area contributed by atoms with E-state index in [2.05, 4.69) is 46.8 Å². The molecule has 0 radical (unpaired) electrons. The first-order valence-corrected chi connectivity index (χ1v) is 8.30. The maximum atomic E-state index is 12.4. The molecule has 0 fully saturated rings. The van der Waals surface area contributed by atoms with Gasteiger partial charge in [0, 0.05) is 29.0 Å². The number of anilines is 2. The van der Waals surface area contributed by atoms with Crippen molar-refractivity contribution in [1.29, 1.82) is 0 Å². The summed E-state index contributed by atoms with van der Waals surface area (Å²) in [7, 11) is 0. The highest BCUT2D eigenvalue weighted by Gasteiger charge is 2.07. The van der Waals surface area contributed by atoms with E-state index in [0.717, 1.165) is 5.56 Å². The van der Waals surface area contributed by atoms with Crippen LogP contribution in [-0.4, -0.2) is 10.9 Å². The molecular weight excluding hydrogens is 334 g/mol. The smallest absolute Gasteiger partial charge is 0.255 e. The highest BCUT2D eigenvalue weighted by Crippen LogP contribution is 2.15. The lowest BCUT2D eigenvalue weighted by atomic mass is 10.1. The highest BCUT2D eigenvalue weighted by atomic mass is 35.5. The molecule has 0 spiro atoms. The third kappa shape index (κ3) is 4.81. The number of benzene rings is 2. The van der Waals surface area contributed by atoms with Gasteiger partial charge in [0.25, 0.3) is 5.91 Å². The zero-order valence-electron chi connectivity index (χ0n) is 13.8. The average molecular weight is 352 g/mol. The van der Waals surface area contributed by atoms with E-state index in [1.165, 1.54) is 5.56 Å². The fourth-order valence-electron chi connectivity index (χ4n) is 2.30. The number of aryl methyl sites for hydroxylation is 1. The minimum Gasteiger partial charge on any atom is -0.366 e. The van der Waals surface area contributed by atoms with Gasteiger partial charge in [-0.05, 0) is 48.9 Å². The summed E-state index contributed by atoms with van der Waals surface area (Å²) < 4.78 is 0. The van der Waals surface area contributed by atoms with E-state index < -0.39 is 0 Å². The molecule has 0 aliphatic heterocycles. The van der Waals surface area contributed by atoms with Crippen molar-refractivity contribution >= 4 is 29.0 Å². The third-order valence-electron chi connectivity index (χ3n) is 3.72. The van der Waals surface area contributed by atoms with Crippen LogP contribution in [0.2, 0.25) is 5.02 Å². The van der Waals surface area contributed by atoms with Crippen molar-refractivity contribution in [3.63, 3.8) is 0 Å². The SMILES string of the molecule is Cc1ccc(CNc2cc(C(=O)Nc3ccc(Cl)cc3)ccn2)cc1. The van der Waals surface area contributed by atoms with E-state index in [4.69, 9.17) is 11.6 Å². The number of hydrogen-bond donors (Lipinski definition) is 2. The number of aromatic nitrogens is 1. The van der Waals surface area contributed by atoms with Gasteiger partial charge in [-0.3, -0.25) is 4.79 Å². The van der Waals surface area contributed by atoms with Gasteiger partial charge in [0.15, 0.2) is 0 Å². The fourth-order valence-corrected chi connectivity index (χ4v) is 2.43. The number of carbonyl (C=O) groups excluding carboxylic acids is 1. The molecule has 3 aromatic rings. The van der Waals surface area contributed by atoms with Crippen LogP contribution in [-0.2, 0) is 6.54 Å². The molecule has 1 amide bonds. The van der Waals surface area contributed by atoms with Gasteiger partial charge < -0.3 is 10.6 Å². The predicted molar refractivity (Wildman–Crippen MR) is 102 cm³/mol. The van der Waals surface area contributed by atoms with Crippen LogP contribution in [0.3, 0.4) is 0 Å². The number of hydrogen-bond acceptors (Lipinski definition) is 3. The quantitative estimate of drug-likeness (QED) is 0.686. The number of rotatable bonds is 5. The van der Waals surface area contributed by atoms with Crippen LogP contribution < -0.4 is 10.6 Å². The Kier molecular flexibility index (Phi) is 5.31. The summed E-state index contributed by atoms with van der Waals surface area (Å²) in [5.41, 5.74) is 3.61. The van der Waals surface area contributed by atoms with Gasteiger partial charge in [0.1, 0.15) is 5.82 Å². The van der Waals surface area contributed by atoms with Crippen LogP contribution in [0.25, 0.3) is 0 Å². The molecule has 3 rings (SSSR count). The summed E-state index contributed by atoms with van der Waals surface area (Å²) in [6.07, 6.45) is 1.62. The van der Waals surface area contributed by atoms with E-state index in [-0.39, 0.29) is 5.91 Å². The minimum atomic E-state index is -0.192. The molecule has 2 N–H and O–H groups in total. The molecule has 1 aromatic heterocycles. The number of nitrogens with zero attached hydrogens (tertiary/aromatic N) is 1. The minimum absolute atomic E-state index is 0.192. The molecule has 0 bridgehead atoms. The fraction of sp³-hybridized carbons (Fsp3) is 0.100. The molecule has 2 aromatic carbocycles. The summed E-state index contributed by atoms with van der Waals surface area (Å²) in [6, 6.07) is 18.7. The summed E-state index contributed by atoms with van der Waals surface area (Å²) in [4.78, 5) is 16.6. The second-order valence-corrected chi connectivity index (χ2v) is 6.17. The Hall–Kier alpha value is -2.85. The van der Waals surface area contributed by atoms with Gasteiger partial charge in [0.05, 0.1) is 0 Å². The van der Waals surface area contributed by atoms with Crippen LogP contribution >= 0.6 is 11.6 Å². The Morgan fingerprint density at radius 3 is 2.48 bits per heavy atom. The van der Waals surface area contributed by atoms with Crippen molar-refractivity contribution in [2.75, 3.05) is 10.6 Å². The van der Waals surface area contributed by atoms with Gasteiger partial charge in [-0.2, -0.15) is 0 Å². The number of carbonyl (C=O) groups is 1. The van der Waals surface area contributed by atoms with E-state index >= 15 is 0 Å². The molecule has 0 saturated heterocycles. The lowest BCUT2D eigenvalue weighted by molar-refractivity contribution is 0.102. The molecule has 25 heavy (non-hydrogen) atoms. The molecular formula is C20H18ClN3O. The van der Waals surface area contributed by atoms with Crippen LogP contribution in [0.1, 0.15) is 21.5 Å². The first-order valence-electron chi connectivity index (χ1n) is 7.92. The van der Waals surface area contributed by atoms with Crippen molar-refractivity contribution in [1.82, 2.24) is 4.98 Å². The second-order valence-electron chi connectivity index (χ2n) is 5.73. The standard InChI is InChI=1S/C20H18ClN3O/c1-14-2-4-15(5-3-14)13-23-19-12-16(10-11-22-19)20(25)24-18-8-6-17(21)7-9-18/h2-12H,13H2,1H3,(H,22,23)(H,24,25). The molecule has 126 valence electrons. The van der Waals surface area contributed by atoms with Crippen LogP contribution in [0.15, 0.2) is 66.9 Å². The first-order chi connectivity index (χ1) is 12.1. The Morgan fingerprint density at radius 1 is 1.04 bits per heavy atom. The number of amides is 1. The first kappa shape index (κ1) is 17.0. The number of halogens is 1. The molecule has 0 aliphatic rings. The van der Waals surface area contributed by atoms with Crippen molar-refractivity contribution in [3.8, 4) is 0 Å². The zero-order chi connectivity index (χ0) is 17.6.